The summed E-state index contributed by atoms with van der Waals surface area (Å²) in [5, 5.41) is 2.99. The van der Waals surface area contributed by atoms with E-state index in [-0.39, 0.29) is 11.8 Å². The van der Waals surface area contributed by atoms with Crippen LogP contribution in [-0.2, 0) is 4.79 Å². The molecular weight excluding hydrogens is 236 g/mol. The molecule has 0 saturated heterocycles. The van der Waals surface area contributed by atoms with E-state index in [1.165, 1.54) is 0 Å². The van der Waals surface area contributed by atoms with Crippen molar-refractivity contribution in [3.8, 4) is 0 Å². The second-order valence-electron chi connectivity index (χ2n) is 4.85. The van der Waals surface area contributed by atoms with E-state index in [0.717, 1.165) is 17.1 Å². The van der Waals surface area contributed by atoms with Crippen molar-refractivity contribution < 1.29 is 4.79 Å². The molecule has 1 heterocycles. The normalized spacial score (nSPS) is 18.5. The molecule has 0 fully saturated rings. The van der Waals surface area contributed by atoms with Gasteiger partial charge < -0.3 is 10.2 Å². The van der Waals surface area contributed by atoms with Crippen LogP contribution in [0.1, 0.15) is 6.92 Å². The van der Waals surface area contributed by atoms with Crippen LogP contribution in [0.3, 0.4) is 0 Å². The molecule has 0 unspecified atom stereocenters. The molecule has 96 valence electrons. The number of hydrogen-bond donors (Lipinski definition) is 1. The van der Waals surface area contributed by atoms with Gasteiger partial charge in [0.2, 0.25) is 5.91 Å². The molecule has 1 aliphatic rings. The number of benzene rings is 2. The van der Waals surface area contributed by atoms with E-state index in [0.29, 0.717) is 6.54 Å². The molecule has 0 radical (unpaired) electrons. The number of carbonyl (C=O) groups excluding carboxylic acids is 1. The highest BCUT2D eigenvalue weighted by Crippen LogP contribution is 2.35. The molecule has 0 aliphatic carbocycles. The molecule has 3 nitrogen and oxygen atoms in total. The van der Waals surface area contributed by atoms with Crippen molar-refractivity contribution in [3.63, 3.8) is 0 Å². The van der Waals surface area contributed by atoms with E-state index >= 15 is 0 Å². The average molecular weight is 252 g/mol. The van der Waals surface area contributed by atoms with Gasteiger partial charge in [-0.3, -0.25) is 4.79 Å². The number of nitrogens with zero attached hydrogens (tertiary/aromatic N) is 1. The van der Waals surface area contributed by atoms with Crippen molar-refractivity contribution >= 4 is 23.0 Å². The number of amides is 1. The van der Waals surface area contributed by atoms with Crippen LogP contribution in [0.4, 0.5) is 17.1 Å². The van der Waals surface area contributed by atoms with E-state index in [1.807, 2.05) is 49.4 Å². The maximum absolute atomic E-state index is 12.0. The van der Waals surface area contributed by atoms with Crippen molar-refractivity contribution in [2.75, 3.05) is 16.8 Å². The van der Waals surface area contributed by atoms with Crippen LogP contribution in [0, 0.1) is 5.92 Å². The van der Waals surface area contributed by atoms with E-state index < -0.39 is 0 Å². The minimum absolute atomic E-state index is 0.0485. The van der Waals surface area contributed by atoms with Crippen LogP contribution in [0.25, 0.3) is 0 Å². The average Bonchev–Trinajstić information content (AvgIpc) is 2.58. The Morgan fingerprint density at radius 3 is 2.53 bits per heavy atom. The summed E-state index contributed by atoms with van der Waals surface area (Å²) in [4.78, 5) is 14.2. The van der Waals surface area contributed by atoms with Crippen LogP contribution >= 0.6 is 0 Å². The van der Waals surface area contributed by atoms with Crippen molar-refractivity contribution in [1.82, 2.24) is 0 Å². The zero-order chi connectivity index (χ0) is 13.2. The second kappa shape index (κ2) is 4.76. The van der Waals surface area contributed by atoms with Gasteiger partial charge in [0, 0.05) is 12.2 Å². The fraction of sp³-hybridized carbons (Fsp3) is 0.188. The number of hydrogen-bond acceptors (Lipinski definition) is 2. The molecule has 1 N–H and O–H groups in total. The lowest BCUT2D eigenvalue weighted by molar-refractivity contribution is -0.119. The number of rotatable bonds is 1. The number of fused-ring (bicyclic) bond motifs is 1. The minimum Gasteiger partial charge on any atom is -0.339 e. The summed E-state index contributed by atoms with van der Waals surface area (Å²) in [7, 11) is 0. The summed E-state index contributed by atoms with van der Waals surface area (Å²) in [5.74, 6) is 0.0264. The van der Waals surface area contributed by atoms with Crippen LogP contribution < -0.4 is 10.2 Å². The fourth-order valence-corrected chi connectivity index (χ4v) is 2.38. The van der Waals surface area contributed by atoms with E-state index in [2.05, 4.69) is 22.3 Å². The summed E-state index contributed by atoms with van der Waals surface area (Å²) < 4.78 is 0. The van der Waals surface area contributed by atoms with E-state index in [9.17, 15) is 4.79 Å². The van der Waals surface area contributed by atoms with Gasteiger partial charge in [-0.1, -0.05) is 37.3 Å². The zero-order valence-corrected chi connectivity index (χ0v) is 10.8. The molecule has 2 aromatic rings. The standard InChI is InChI=1S/C16H16N2O/c1-12-11-18(13-7-3-2-4-8-13)15-10-6-5-9-14(15)17-16(12)19/h2-10,12H,11H2,1H3,(H,17,19)/t12-/m1/s1. The Balaban J connectivity index is 2.10. The first-order valence-electron chi connectivity index (χ1n) is 6.48. The first kappa shape index (κ1) is 11.8. The maximum Gasteiger partial charge on any atom is 0.229 e. The van der Waals surface area contributed by atoms with Gasteiger partial charge in [0.05, 0.1) is 17.3 Å². The Bertz CT molecular complexity index is 595. The van der Waals surface area contributed by atoms with Crippen molar-refractivity contribution in [2.24, 2.45) is 5.92 Å². The van der Waals surface area contributed by atoms with E-state index in [1.54, 1.807) is 0 Å². The largest absolute Gasteiger partial charge is 0.339 e. The SMILES string of the molecule is C[C@@H]1CN(c2ccccc2)c2ccccc2NC1=O. The Morgan fingerprint density at radius 1 is 1.05 bits per heavy atom. The molecule has 19 heavy (non-hydrogen) atoms. The molecule has 0 saturated carbocycles. The van der Waals surface area contributed by atoms with Gasteiger partial charge in [-0.2, -0.15) is 0 Å². The third-order valence-electron chi connectivity index (χ3n) is 3.42. The summed E-state index contributed by atoms with van der Waals surface area (Å²) in [6, 6.07) is 18.1. The molecule has 0 spiro atoms. The third kappa shape index (κ3) is 2.19. The predicted octanol–water partition coefficient (Wildman–Crippen LogP) is 3.41. The number of nitrogens with one attached hydrogen (secondary N) is 1. The molecule has 3 rings (SSSR count). The first-order valence-corrected chi connectivity index (χ1v) is 6.48. The van der Waals surface area contributed by atoms with Crippen LogP contribution in [-0.4, -0.2) is 12.5 Å². The topological polar surface area (TPSA) is 32.3 Å². The van der Waals surface area contributed by atoms with E-state index in [4.69, 9.17) is 0 Å². The Hall–Kier alpha value is -2.29. The Morgan fingerprint density at radius 2 is 1.74 bits per heavy atom. The molecule has 1 amide bonds. The predicted molar refractivity (Wildman–Crippen MR) is 77.7 cm³/mol. The van der Waals surface area contributed by atoms with Crippen molar-refractivity contribution in [1.29, 1.82) is 0 Å². The van der Waals surface area contributed by atoms with Crippen molar-refractivity contribution in [3.05, 3.63) is 54.6 Å². The lowest BCUT2D eigenvalue weighted by Crippen LogP contribution is -2.27. The van der Waals surface area contributed by atoms with Gasteiger partial charge in [-0.05, 0) is 24.3 Å². The van der Waals surface area contributed by atoms with Crippen LogP contribution in [0.2, 0.25) is 0 Å². The lowest BCUT2D eigenvalue weighted by atomic mass is 10.1. The van der Waals surface area contributed by atoms with Crippen LogP contribution in [0.15, 0.2) is 54.6 Å². The quantitative estimate of drug-likeness (QED) is 0.843. The number of anilines is 3. The molecule has 1 aliphatic heterocycles. The van der Waals surface area contributed by atoms with Gasteiger partial charge in [0.15, 0.2) is 0 Å². The summed E-state index contributed by atoms with van der Waals surface area (Å²) in [6.07, 6.45) is 0. The molecule has 0 bridgehead atoms. The highest BCUT2D eigenvalue weighted by atomic mass is 16.1. The third-order valence-corrected chi connectivity index (χ3v) is 3.42. The Kier molecular flexibility index (Phi) is 2.95. The first-order chi connectivity index (χ1) is 9.25. The fourth-order valence-electron chi connectivity index (χ4n) is 2.38. The highest BCUT2D eigenvalue weighted by Gasteiger charge is 2.25. The number of para-hydroxylation sites is 3. The summed E-state index contributed by atoms with van der Waals surface area (Å²) in [5.41, 5.74) is 3.03. The molecule has 1 atom stereocenters. The highest BCUT2D eigenvalue weighted by molar-refractivity contribution is 5.98. The Labute approximate surface area is 112 Å². The van der Waals surface area contributed by atoms with Gasteiger partial charge in [0.1, 0.15) is 0 Å². The molecular formula is C16H16N2O. The van der Waals surface area contributed by atoms with Crippen LogP contribution in [0.5, 0.6) is 0 Å². The molecule has 0 aromatic heterocycles. The molecule has 2 aromatic carbocycles. The van der Waals surface area contributed by atoms with Gasteiger partial charge in [-0.15, -0.1) is 0 Å². The lowest BCUT2D eigenvalue weighted by Gasteiger charge is -2.25. The summed E-state index contributed by atoms with van der Waals surface area (Å²) >= 11 is 0. The smallest absolute Gasteiger partial charge is 0.229 e. The van der Waals surface area contributed by atoms with Crippen molar-refractivity contribution in [2.45, 2.75) is 6.92 Å². The van der Waals surface area contributed by atoms with Gasteiger partial charge >= 0.3 is 0 Å². The maximum atomic E-state index is 12.0. The van der Waals surface area contributed by atoms with Gasteiger partial charge in [-0.25, -0.2) is 0 Å². The molecule has 3 heteroatoms. The van der Waals surface area contributed by atoms with Gasteiger partial charge in [0.25, 0.3) is 0 Å². The minimum atomic E-state index is -0.0485. The monoisotopic (exact) mass is 252 g/mol. The summed E-state index contributed by atoms with van der Waals surface area (Å²) in [6.45, 7) is 2.64. The second-order valence-corrected chi connectivity index (χ2v) is 4.85. The number of carbonyl (C=O) groups is 1. The zero-order valence-electron chi connectivity index (χ0n) is 10.8.